The number of aromatic nitrogens is 2. The Labute approximate surface area is 118 Å². The summed E-state index contributed by atoms with van der Waals surface area (Å²) >= 11 is 6.50. The van der Waals surface area contributed by atoms with Gasteiger partial charge in [0.25, 0.3) is 0 Å². The molecular weight excluding hydrogens is 260 g/mol. The maximum atomic E-state index is 6.50. The Morgan fingerprint density at radius 1 is 1.32 bits per heavy atom. The van der Waals surface area contributed by atoms with Crippen LogP contribution >= 0.6 is 11.6 Å². The van der Waals surface area contributed by atoms with Crippen LogP contribution in [0.3, 0.4) is 0 Å². The zero-order valence-electron chi connectivity index (χ0n) is 10.9. The first-order chi connectivity index (χ1) is 9.24. The maximum Gasteiger partial charge on any atom is 0.0877 e. The molecule has 1 aromatic carbocycles. The molecule has 3 unspecified atom stereocenters. The second-order valence-electron chi connectivity index (χ2n) is 5.02. The molecule has 0 aliphatic carbocycles. The first-order valence-electron chi connectivity index (χ1n) is 6.63. The summed E-state index contributed by atoms with van der Waals surface area (Å²) in [5.41, 5.74) is 2.06. The molecule has 0 spiro atoms. The molecule has 3 atom stereocenters. The van der Waals surface area contributed by atoms with Gasteiger partial charge in [-0.1, -0.05) is 18.2 Å². The van der Waals surface area contributed by atoms with E-state index in [0.29, 0.717) is 6.10 Å². The molecule has 19 heavy (non-hydrogen) atoms. The van der Waals surface area contributed by atoms with E-state index in [1.165, 1.54) is 0 Å². The number of hydrogen-bond acceptors (Lipinski definition) is 2. The molecular formula is C15H17ClN2O. The molecule has 0 bridgehead atoms. The van der Waals surface area contributed by atoms with Crippen molar-refractivity contribution >= 4 is 11.6 Å². The topological polar surface area (TPSA) is 27.1 Å². The number of para-hydroxylation sites is 1. The molecule has 3 nitrogen and oxygen atoms in total. The van der Waals surface area contributed by atoms with E-state index in [4.69, 9.17) is 16.3 Å². The molecule has 1 aromatic heterocycles. The van der Waals surface area contributed by atoms with Crippen molar-refractivity contribution < 1.29 is 4.74 Å². The fourth-order valence-corrected chi connectivity index (χ4v) is 2.76. The van der Waals surface area contributed by atoms with Crippen molar-refractivity contribution in [3.05, 3.63) is 48.3 Å². The van der Waals surface area contributed by atoms with Crippen LogP contribution in [-0.4, -0.2) is 22.0 Å². The largest absolute Gasteiger partial charge is 0.373 e. The predicted octanol–water partition coefficient (Wildman–Crippen LogP) is 3.72. The average molecular weight is 277 g/mol. The second-order valence-corrected chi connectivity index (χ2v) is 5.49. The van der Waals surface area contributed by atoms with Crippen LogP contribution in [0.2, 0.25) is 0 Å². The summed E-state index contributed by atoms with van der Waals surface area (Å²) in [7, 11) is 0. The highest BCUT2D eigenvalue weighted by atomic mass is 35.5. The van der Waals surface area contributed by atoms with Crippen LogP contribution in [0.25, 0.3) is 5.69 Å². The summed E-state index contributed by atoms with van der Waals surface area (Å²) in [4.78, 5) is 0. The summed E-state index contributed by atoms with van der Waals surface area (Å²) < 4.78 is 7.67. The Bertz CT molecular complexity index is 540. The highest BCUT2D eigenvalue weighted by Gasteiger charge is 2.30. The minimum Gasteiger partial charge on any atom is -0.373 e. The fraction of sp³-hybridized carbons (Fsp3) is 0.400. The molecule has 1 aliphatic heterocycles. The lowest BCUT2D eigenvalue weighted by atomic mass is 10.1. The van der Waals surface area contributed by atoms with Gasteiger partial charge in [-0.3, -0.25) is 0 Å². The number of ether oxygens (including phenoxy) is 1. The molecule has 2 heterocycles. The third-order valence-electron chi connectivity index (χ3n) is 3.53. The second kappa shape index (κ2) is 5.35. The number of rotatable bonds is 3. The minimum atomic E-state index is -0.123. The van der Waals surface area contributed by atoms with Crippen molar-refractivity contribution in [2.45, 2.75) is 37.4 Å². The van der Waals surface area contributed by atoms with Crippen LogP contribution in [0.4, 0.5) is 0 Å². The van der Waals surface area contributed by atoms with Gasteiger partial charge in [0.1, 0.15) is 0 Å². The highest BCUT2D eigenvalue weighted by Crippen LogP contribution is 2.34. The third-order valence-corrected chi connectivity index (χ3v) is 4.07. The number of hydrogen-bond donors (Lipinski definition) is 0. The van der Waals surface area contributed by atoms with Gasteiger partial charge in [0.2, 0.25) is 0 Å². The van der Waals surface area contributed by atoms with Gasteiger partial charge in [0, 0.05) is 11.8 Å². The van der Waals surface area contributed by atoms with Crippen LogP contribution < -0.4 is 0 Å². The number of nitrogens with zero attached hydrogens (tertiary/aromatic N) is 2. The van der Waals surface area contributed by atoms with E-state index in [9.17, 15) is 0 Å². The zero-order valence-corrected chi connectivity index (χ0v) is 11.6. The fourth-order valence-electron chi connectivity index (χ4n) is 2.46. The van der Waals surface area contributed by atoms with Crippen molar-refractivity contribution in [3.63, 3.8) is 0 Å². The Hall–Kier alpha value is -1.32. The molecule has 1 fully saturated rings. The van der Waals surface area contributed by atoms with E-state index >= 15 is 0 Å². The summed E-state index contributed by atoms with van der Waals surface area (Å²) in [6.45, 7) is 2.09. The minimum absolute atomic E-state index is 0.102. The molecule has 0 saturated carbocycles. The summed E-state index contributed by atoms with van der Waals surface area (Å²) in [5.74, 6) is 0. The third kappa shape index (κ3) is 2.67. The highest BCUT2D eigenvalue weighted by molar-refractivity contribution is 6.21. The van der Waals surface area contributed by atoms with E-state index in [1.807, 2.05) is 47.4 Å². The summed E-state index contributed by atoms with van der Waals surface area (Å²) in [6.07, 6.45) is 6.34. The summed E-state index contributed by atoms with van der Waals surface area (Å²) in [5, 5.41) is 4.25. The lowest BCUT2D eigenvalue weighted by molar-refractivity contribution is 0.0533. The van der Waals surface area contributed by atoms with Crippen molar-refractivity contribution in [2.24, 2.45) is 0 Å². The molecule has 4 heteroatoms. The van der Waals surface area contributed by atoms with Crippen LogP contribution in [0.5, 0.6) is 0 Å². The van der Waals surface area contributed by atoms with Gasteiger partial charge < -0.3 is 4.74 Å². The lowest BCUT2D eigenvalue weighted by Crippen LogP contribution is -2.14. The van der Waals surface area contributed by atoms with Gasteiger partial charge in [-0.15, -0.1) is 11.6 Å². The van der Waals surface area contributed by atoms with Crippen molar-refractivity contribution in [2.75, 3.05) is 0 Å². The molecule has 1 saturated heterocycles. The van der Waals surface area contributed by atoms with Crippen LogP contribution in [-0.2, 0) is 4.74 Å². The van der Waals surface area contributed by atoms with Gasteiger partial charge in [-0.05, 0) is 31.9 Å². The number of benzene rings is 1. The average Bonchev–Trinajstić information content (AvgIpc) is 3.08. The van der Waals surface area contributed by atoms with Crippen LogP contribution in [0, 0.1) is 0 Å². The van der Waals surface area contributed by atoms with Crippen LogP contribution in [0.1, 0.15) is 30.7 Å². The quantitative estimate of drug-likeness (QED) is 0.799. The van der Waals surface area contributed by atoms with E-state index in [2.05, 4.69) is 12.0 Å². The Balaban J connectivity index is 1.78. The number of alkyl halides is 1. The SMILES string of the molecule is CC1CCC(C(Cl)c2cnn(-c3ccccc3)c2)O1. The van der Waals surface area contributed by atoms with Gasteiger partial charge in [-0.2, -0.15) is 5.10 Å². The van der Waals surface area contributed by atoms with Gasteiger partial charge >= 0.3 is 0 Å². The van der Waals surface area contributed by atoms with Crippen molar-refractivity contribution in [3.8, 4) is 5.69 Å². The molecule has 100 valence electrons. The molecule has 0 N–H and O–H groups in total. The van der Waals surface area contributed by atoms with Gasteiger partial charge in [-0.25, -0.2) is 4.68 Å². The smallest absolute Gasteiger partial charge is 0.0877 e. The lowest BCUT2D eigenvalue weighted by Gasteiger charge is -2.15. The van der Waals surface area contributed by atoms with Gasteiger partial charge in [0.05, 0.1) is 29.5 Å². The van der Waals surface area contributed by atoms with Crippen molar-refractivity contribution in [1.29, 1.82) is 0 Å². The van der Waals surface area contributed by atoms with E-state index < -0.39 is 0 Å². The Morgan fingerprint density at radius 3 is 2.79 bits per heavy atom. The van der Waals surface area contributed by atoms with Crippen LogP contribution in [0.15, 0.2) is 42.7 Å². The Morgan fingerprint density at radius 2 is 2.11 bits per heavy atom. The standard InChI is InChI=1S/C15H17ClN2O/c1-11-7-8-14(19-11)15(16)12-9-17-18(10-12)13-5-3-2-4-6-13/h2-6,9-11,14-15H,7-8H2,1H3. The summed E-state index contributed by atoms with van der Waals surface area (Å²) in [6, 6.07) is 10.0. The molecule has 3 rings (SSSR count). The van der Waals surface area contributed by atoms with E-state index in [0.717, 1.165) is 24.1 Å². The number of halogens is 1. The first-order valence-corrected chi connectivity index (χ1v) is 7.07. The zero-order chi connectivity index (χ0) is 13.2. The Kier molecular flexibility index (Phi) is 3.58. The van der Waals surface area contributed by atoms with E-state index in [-0.39, 0.29) is 11.5 Å². The molecule has 0 radical (unpaired) electrons. The normalized spacial score (nSPS) is 24.5. The molecule has 0 amide bonds. The first kappa shape index (κ1) is 12.7. The molecule has 1 aliphatic rings. The maximum absolute atomic E-state index is 6.50. The van der Waals surface area contributed by atoms with E-state index in [1.54, 1.807) is 0 Å². The van der Waals surface area contributed by atoms with Crippen molar-refractivity contribution in [1.82, 2.24) is 9.78 Å². The molecule has 2 aromatic rings. The predicted molar refractivity (Wildman–Crippen MR) is 75.7 cm³/mol. The monoisotopic (exact) mass is 276 g/mol. The van der Waals surface area contributed by atoms with Gasteiger partial charge in [0.15, 0.2) is 0 Å².